The van der Waals surface area contributed by atoms with Crippen LogP contribution in [0.3, 0.4) is 0 Å². The second-order valence-corrected chi connectivity index (χ2v) is 4.09. The van der Waals surface area contributed by atoms with E-state index in [2.05, 4.69) is 9.47 Å². The van der Waals surface area contributed by atoms with Crippen LogP contribution in [0, 0.1) is 0 Å². The number of rotatable bonds is 5. The van der Waals surface area contributed by atoms with Gasteiger partial charge in [-0.3, -0.25) is 9.69 Å². The summed E-state index contributed by atoms with van der Waals surface area (Å²) < 4.78 is 44.5. The fourth-order valence-corrected chi connectivity index (χ4v) is 1.88. The molecule has 0 aromatic carbocycles. The van der Waals surface area contributed by atoms with Gasteiger partial charge in [0.1, 0.15) is 12.6 Å². The maximum absolute atomic E-state index is 11.8. The molecule has 1 heterocycles. The van der Waals surface area contributed by atoms with Gasteiger partial charge in [-0.25, -0.2) is 0 Å². The first kappa shape index (κ1) is 15.2. The fraction of sp³-hybridized carbons (Fsp3) is 0.900. The molecule has 0 radical (unpaired) electrons. The minimum absolute atomic E-state index is 0.146. The van der Waals surface area contributed by atoms with Gasteiger partial charge in [0.05, 0.1) is 19.8 Å². The van der Waals surface area contributed by atoms with Gasteiger partial charge < -0.3 is 14.6 Å². The minimum Gasteiger partial charge on any atom is -0.468 e. The van der Waals surface area contributed by atoms with Crippen LogP contribution >= 0.6 is 0 Å². The van der Waals surface area contributed by atoms with Crippen LogP contribution in [0.5, 0.6) is 0 Å². The number of alkyl halides is 3. The smallest absolute Gasteiger partial charge is 0.411 e. The Morgan fingerprint density at radius 2 is 2.17 bits per heavy atom. The highest BCUT2D eigenvalue weighted by molar-refractivity contribution is 5.76. The molecular weight excluding hydrogens is 255 g/mol. The topological polar surface area (TPSA) is 59.0 Å². The van der Waals surface area contributed by atoms with Crippen molar-refractivity contribution in [3.05, 3.63) is 0 Å². The SMILES string of the molecule is COC(=O)C1CC(O)CN1CCOCC(F)(F)F. The molecule has 1 N–H and O–H groups in total. The zero-order chi connectivity index (χ0) is 13.8. The lowest BCUT2D eigenvalue weighted by Gasteiger charge is -2.21. The summed E-state index contributed by atoms with van der Waals surface area (Å²) in [5.74, 6) is -0.498. The Bertz CT molecular complexity index is 285. The van der Waals surface area contributed by atoms with Gasteiger partial charge in [-0.05, 0) is 0 Å². The van der Waals surface area contributed by atoms with Crippen molar-refractivity contribution in [1.29, 1.82) is 0 Å². The highest BCUT2D eigenvalue weighted by Gasteiger charge is 2.36. The lowest BCUT2D eigenvalue weighted by atomic mass is 10.2. The quantitative estimate of drug-likeness (QED) is 0.571. The van der Waals surface area contributed by atoms with Crippen LogP contribution in [-0.2, 0) is 14.3 Å². The van der Waals surface area contributed by atoms with Crippen LogP contribution in [0.1, 0.15) is 6.42 Å². The van der Waals surface area contributed by atoms with Crippen molar-refractivity contribution in [2.75, 3.05) is 33.4 Å². The molecule has 0 bridgehead atoms. The Balaban J connectivity index is 2.33. The third-order valence-corrected chi connectivity index (χ3v) is 2.64. The van der Waals surface area contributed by atoms with E-state index in [0.717, 1.165) is 0 Å². The molecule has 106 valence electrons. The molecule has 1 aliphatic heterocycles. The lowest BCUT2D eigenvalue weighted by Crippen LogP contribution is -2.39. The van der Waals surface area contributed by atoms with Crippen molar-refractivity contribution in [2.24, 2.45) is 0 Å². The first-order chi connectivity index (χ1) is 8.33. The second-order valence-electron chi connectivity index (χ2n) is 4.09. The number of esters is 1. The summed E-state index contributed by atoms with van der Waals surface area (Å²) in [6, 6.07) is -0.612. The third kappa shape index (κ3) is 4.79. The van der Waals surface area contributed by atoms with E-state index in [1.165, 1.54) is 7.11 Å². The van der Waals surface area contributed by atoms with Crippen molar-refractivity contribution in [1.82, 2.24) is 4.90 Å². The molecule has 1 rings (SSSR count). The number of likely N-dealkylation sites (tertiary alicyclic amines) is 1. The van der Waals surface area contributed by atoms with Crippen molar-refractivity contribution >= 4 is 5.97 Å². The molecule has 0 saturated carbocycles. The molecule has 2 atom stereocenters. The Labute approximate surface area is 102 Å². The van der Waals surface area contributed by atoms with Gasteiger partial charge in [0.15, 0.2) is 0 Å². The van der Waals surface area contributed by atoms with Gasteiger partial charge >= 0.3 is 12.1 Å². The molecule has 0 aliphatic carbocycles. The summed E-state index contributed by atoms with van der Waals surface area (Å²) in [6.07, 6.45) is -4.80. The third-order valence-electron chi connectivity index (χ3n) is 2.64. The predicted molar refractivity (Wildman–Crippen MR) is 54.9 cm³/mol. The highest BCUT2D eigenvalue weighted by atomic mass is 19.4. The summed E-state index contributed by atoms with van der Waals surface area (Å²) in [5, 5.41) is 9.43. The molecular formula is C10H16F3NO4. The van der Waals surface area contributed by atoms with Crippen molar-refractivity contribution in [2.45, 2.75) is 24.7 Å². The Morgan fingerprint density at radius 3 is 2.72 bits per heavy atom. The molecule has 0 aromatic rings. The average molecular weight is 271 g/mol. The summed E-state index contributed by atoms with van der Waals surface area (Å²) in [4.78, 5) is 12.9. The first-order valence-electron chi connectivity index (χ1n) is 5.48. The zero-order valence-electron chi connectivity index (χ0n) is 9.94. The molecule has 8 heteroatoms. The van der Waals surface area contributed by atoms with Gasteiger partial charge in [0.2, 0.25) is 0 Å². The average Bonchev–Trinajstić information content (AvgIpc) is 2.63. The molecule has 0 amide bonds. The van der Waals surface area contributed by atoms with E-state index in [1.54, 1.807) is 4.90 Å². The number of hydrogen-bond donors (Lipinski definition) is 1. The van der Waals surface area contributed by atoms with Gasteiger partial charge in [-0.1, -0.05) is 0 Å². The Kier molecular flexibility index (Phi) is 5.36. The number of β-amino-alcohol motifs (C(OH)–C–C–N with tert-alkyl or cyclic N) is 1. The number of hydrogen-bond acceptors (Lipinski definition) is 5. The molecule has 0 aromatic heterocycles. The van der Waals surface area contributed by atoms with E-state index in [9.17, 15) is 23.1 Å². The fourth-order valence-electron chi connectivity index (χ4n) is 1.88. The van der Waals surface area contributed by atoms with Crippen LogP contribution in [0.25, 0.3) is 0 Å². The largest absolute Gasteiger partial charge is 0.468 e. The number of nitrogens with zero attached hydrogens (tertiary/aromatic N) is 1. The minimum atomic E-state index is -4.35. The number of carbonyl (C=O) groups excluding carboxylic acids is 1. The van der Waals surface area contributed by atoms with E-state index in [0.29, 0.717) is 0 Å². The van der Waals surface area contributed by atoms with Crippen molar-refractivity contribution < 1.29 is 32.5 Å². The van der Waals surface area contributed by atoms with E-state index < -0.39 is 30.9 Å². The summed E-state index contributed by atoms with van der Waals surface area (Å²) >= 11 is 0. The molecule has 0 spiro atoms. The van der Waals surface area contributed by atoms with Crippen molar-refractivity contribution in [3.63, 3.8) is 0 Å². The van der Waals surface area contributed by atoms with Crippen LogP contribution in [0.4, 0.5) is 13.2 Å². The number of halogens is 3. The monoisotopic (exact) mass is 271 g/mol. The number of carbonyl (C=O) groups is 1. The molecule has 18 heavy (non-hydrogen) atoms. The molecule has 1 fully saturated rings. The molecule has 5 nitrogen and oxygen atoms in total. The van der Waals surface area contributed by atoms with E-state index >= 15 is 0 Å². The second kappa shape index (κ2) is 6.35. The van der Waals surface area contributed by atoms with Crippen LogP contribution in [0.2, 0.25) is 0 Å². The Hall–Kier alpha value is -0.860. The normalized spacial score (nSPS) is 25.4. The maximum Gasteiger partial charge on any atom is 0.411 e. The molecule has 1 saturated heterocycles. The van der Waals surface area contributed by atoms with E-state index in [1.807, 2.05) is 0 Å². The van der Waals surface area contributed by atoms with Crippen LogP contribution in [-0.4, -0.2) is 67.7 Å². The van der Waals surface area contributed by atoms with E-state index in [4.69, 9.17) is 0 Å². The van der Waals surface area contributed by atoms with Gasteiger partial charge in [0, 0.05) is 19.5 Å². The summed E-state index contributed by atoms with van der Waals surface area (Å²) in [6.45, 7) is -1.09. The van der Waals surface area contributed by atoms with Gasteiger partial charge in [0.25, 0.3) is 0 Å². The zero-order valence-corrected chi connectivity index (χ0v) is 9.94. The summed E-state index contributed by atoms with van der Waals surface area (Å²) in [7, 11) is 1.23. The predicted octanol–water partition coefficient (Wildman–Crippen LogP) is 0.173. The molecule has 1 aliphatic rings. The first-order valence-corrected chi connectivity index (χ1v) is 5.48. The number of aliphatic hydroxyl groups is 1. The van der Waals surface area contributed by atoms with Crippen molar-refractivity contribution in [3.8, 4) is 0 Å². The van der Waals surface area contributed by atoms with Crippen LogP contribution < -0.4 is 0 Å². The number of ether oxygens (including phenoxy) is 2. The lowest BCUT2D eigenvalue weighted by molar-refractivity contribution is -0.175. The highest BCUT2D eigenvalue weighted by Crippen LogP contribution is 2.19. The maximum atomic E-state index is 11.8. The van der Waals surface area contributed by atoms with Gasteiger partial charge in [-0.15, -0.1) is 0 Å². The number of aliphatic hydroxyl groups excluding tert-OH is 1. The summed E-state index contributed by atoms with van der Waals surface area (Å²) in [5.41, 5.74) is 0. The van der Waals surface area contributed by atoms with E-state index in [-0.39, 0.29) is 26.1 Å². The standard InChI is InChI=1S/C10H16F3NO4/c1-17-9(16)8-4-7(15)5-14(8)2-3-18-6-10(11,12)13/h7-8,15H,2-6H2,1H3. The van der Waals surface area contributed by atoms with Crippen LogP contribution in [0.15, 0.2) is 0 Å². The van der Waals surface area contributed by atoms with Gasteiger partial charge in [-0.2, -0.15) is 13.2 Å². The number of methoxy groups -OCH3 is 1. The molecule has 2 unspecified atom stereocenters. The Morgan fingerprint density at radius 1 is 1.50 bits per heavy atom.